The highest BCUT2D eigenvalue weighted by Gasteiger charge is 2.24. The van der Waals surface area contributed by atoms with Gasteiger partial charge in [-0.05, 0) is 35.4 Å². The summed E-state index contributed by atoms with van der Waals surface area (Å²) < 4.78 is 26.9. The van der Waals surface area contributed by atoms with Crippen LogP contribution in [-0.2, 0) is 10.0 Å². The highest BCUT2D eigenvalue weighted by atomic mass is 35.5. The number of hydrogen-bond donors (Lipinski definition) is 1. The number of nitrogens with zero attached hydrogens (tertiary/aromatic N) is 2. The molecule has 0 radical (unpaired) electrons. The summed E-state index contributed by atoms with van der Waals surface area (Å²) >= 11 is 5.92. The molecule has 36 heavy (non-hydrogen) atoms. The molecule has 0 aliphatic heterocycles. The number of benzene rings is 2. The summed E-state index contributed by atoms with van der Waals surface area (Å²) in [4.78, 5) is 28.2. The molecule has 0 aliphatic carbocycles. The standard InChI is InChI=1S/C16H11ClN2O3S.C11H9NO/c17-16-15(7-4-8-18-16)23(21,22)19-10-12(11-20)9-14(19)13-5-2-1-3-6-13;13-8-9-6-11(12-7-9)10-4-2-1-3-5-10/h1-11H;1-8,12H. The van der Waals surface area contributed by atoms with Crippen molar-refractivity contribution in [1.82, 2.24) is 13.9 Å². The van der Waals surface area contributed by atoms with Crippen LogP contribution in [0.2, 0.25) is 5.15 Å². The van der Waals surface area contributed by atoms with E-state index >= 15 is 0 Å². The lowest BCUT2D eigenvalue weighted by Gasteiger charge is -2.11. The molecular formula is C27H20ClN3O4S. The van der Waals surface area contributed by atoms with Crippen molar-refractivity contribution in [3.05, 3.63) is 120 Å². The van der Waals surface area contributed by atoms with Crippen molar-refractivity contribution in [2.45, 2.75) is 4.90 Å². The smallest absolute Gasteiger partial charge is 0.271 e. The number of hydrogen-bond acceptors (Lipinski definition) is 5. The number of pyridine rings is 1. The highest BCUT2D eigenvalue weighted by molar-refractivity contribution is 7.90. The highest BCUT2D eigenvalue weighted by Crippen LogP contribution is 2.28. The molecule has 0 saturated carbocycles. The van der Waals surface area contributed by atoms with Gasteiger partial charge in [0, 0.05) is 35.4 Å². The van der Waals surface area contributed by atoms with Crippen molar-refractivity contribution in [2.24, 2.45) is 0 Å². The number of halogens is 1. The third-order valence-electron chi connectivity index (χ3n) is 5.20. The topological polar surface area (TPSA) is 102 Å². The van der Waals surface area contributed by atoms with Crippen molar-refractivity contribution in [1.29, 1.82) is 0 Å². The van der Waals surface area contributed by atoms with Gasteiger partial charge in [-0.15, -0.1) is 0 Å². The van der Waals surface area contributed by atoms with Gasteiger partial charge in [0.15, 0.2) is 12.6 Å². The molecule has 7 nitrogen and oxygen atoms in total. The van der Waals surface area contributed by atoms with Gasteiger partial charge < -0.3 is 4.98 Å². The first-order valence-corrected chi connectivity index (χ1v) is 12.5. The van der Waals surface area contributed by atoms with E-state index in [0.717, 1.165) is 21.5 Å². The second-order valence-corrected chi connectivity index (χ2v) is 9.71. The number of H-pyrrole nitrogens is 1. The first-order chi connectivity index (χ1) is 17.4. The fourth-order valence-corrected chi connectivity index (χ4v) is 5.30. The van der Waals surface area contributed by atoms with Crippen LogP contribution < -0.4 is 0 Å². The first-order valence-electron chi connectivity index (χ1n) is 10.7. The van der Waals surface area contributed by atoms with E-state index in [1.54, 1.807) is 30.5 Å². The molecule has 0 unspecified atom stereocenters. The van der Waals surface area contributed by atoms with Crippen LogP contribution in [0, 0.1) is 0 Å². The van der Waals surface area contributed by atoms with Crippen LogP contribution in [0.25, 0.3) is 22.5 Å². The molecule has 2 aromatic carbocycles. The van der Waals surface area contributed by atoms with Crippen LogP contribution in [-0.4, -0.2) is 34.9 Å². The Labute approximate surface area is 213 Å². The lowest BCUT2D eigenvalue weighted by Crippen LogP contribution is -2.14. The Kier molecular flexibility index (Phi) is 7.58. The SMILES string of the molecule is O=Cc1c[nH]c(-c2ccccc2)c1.O=Cc1cc(-c2ccccc2)n(S(=O)(=O)c2cccnc2Cl)c1. The Morgan fingerprint density at radius 3 is 2.03 bits per heavy atom. The van der Waals surface area contributed by atoms with Crippen LogP contribution in [0.15, 0.2) is 108 Å². The Bertz CT molecular complexity index is 1590. The third kappa shape index (κ3) is 5.35. The van der Waals surface area contributed by atoms with Crippen LogP contribution in [0.1, 0.15) is 20.7 Å². The number of aromatic nitrogens is 3. The molecule has 0 saturated heterocycles. The Balaban J connectivity index is 0.000000197. The van der Waals surface area contributed by atoms with Crippen molar-refractivity contribution in [3.8, 4) is 22.5 Å². The number of aldehydes is 2. The molecule has 3 aromatic heterocycles. The van der Waals surface area contributed by atoms with E-state index in [2.05, 4.69) is 9.97 Å². The van der Waals surface area contributed by atoms with E-state index in [1.807, 2.05) is 42.5 Å². The van der Waals surface area contributed by atoms with Gasteiger partial charge in [0.2, 0.25) is 0 Å². The monoisotopic (exact) mass is 517 g/mol. The average Bonchev–Trinajstić information content (AvgIpc) is 3.58. The molecule has 180 valence electrons. The number of nitrogens with one attached hydrogen (secondary N) is 1. The molecule has 0 amide bonds. The van der Waals surface area contributed by atoms with Crippen molar-refractivity contribution in [3.63, 3.8) is 0 Å². The Hall–Kier alpha value is -4.27. The molecule has 0 aliphatic rings. The van der Waals surface area contributed by atoms with E-state index in [4.69, 9.17) is 11.6 Å². The minimum Gasteiger partial charge on any atom is -0.360 e. The van der Waals surface area contributed by atoms with E-state index in [9.17, 15) is 18.0 Å². The predicted octanol–water partition coefficient (Wildman–Crippen LogP) is 5.75. The van der Waals surface area contributed by atoms with Crippen LogP contribution >= 0.6 is 11.6 Å². The maximum Gasteiger partial charge on any atom is 0.271 e. The van der Waals surface area contributed by atoms with Gasteiger partial charge in [0.1, 0.15) is 10.0 Å². The molecule has 5 rings (SSSR count). The lowest BCUT2D eigenvalue weighted by atomic mass is 10.1. The molecular weight excluding hydrogens is 498 g/mol. The van der Waals surface area contributed by atoms with Crippen molar-refractivity contribution < 1.29 is 18.0 Å². The molecule has 0 spiro atoms. The fourth-order valence-electron chi connectivity index (χ4n) is 3.48. The van der Waals surface area contributed by atoms with Crippen LogP contribution in [0.4, 0.5) is 0 Å². The minimum absolute atomic E-state index is 0.118. The summed E-state index contributed by atoms with van der Waals surface area (Å²) in [5.41, 5.74) is 4.06. The maximum atomic E-state index is 12.9. The largest absolute Gasteiger partial charge is 0.360 e. The minimum atomic E-state index is -3.97. The van der Waals surface area contributed by atoms with E-state index in [0.29, 0.717) is 23.1 Å². The molecule has 0 bridgehead atoms. The number of aromatic amines is 1. The van der Waals surface area contributed by atoms with Gasteiger partial charge in [0.05, 0.1) is 5.69 Å². The summed E-state index contributed by atoms with van der Waals surface area (Å²) in [5, 5.41) is -0.118. The van der Waals surface area contributed by atoms with Crippen LogP contribution in [0.5, 0.6) is 0 Å². The fraction of sp³-hybridized carbons (Fsp3) is 0. The Morgan fingerprint density at radius 1 is 0.806 bits per heavy atom. The second-order valence-electron chi connectivity index (χ2n) is 7.57. The second kappa shape index (κ2) is 11.0. The van der Waals surface area contributed by atoms with Gasteiger partial charge in [-0.1, -0.05) is 72.3 Å². The van der Waals surface area contributed by atoms with Gasteiger partial charge in [0.25, 0.3) is 10.0 Å². The summed E-state index contributed by atoms with van der Waals surface area (Å²) in [7, 11) is -3.97. The summed E-state index contributed by atoms with van der Waals surface area (Å²) in [6.45, 7) is 0. The number of rotatable bonds is 6. The predicted molar refractivity (Wildman–Crippen MR) is 139 cm³/mol. The van der Waals surface area contributed by atoms with E-state index in [-0.39, 0.29) is 15.6 Å². The summed E-state index contributed by atoms with van der Waals surface area (Å²) in [5.74, 6) is 0. The first kappa shape index (κ1) is 24.8. The molecule has 3 heterocycles. The third-order valence-corrected chi connectivity index (χ3v) is 7.32. The van der Waals surface area contributed by atoms with E-state index < -0.39 is 10.0 Å². The molecule has 1 N–H and O–H groups in total. The van der Waals surface area contributed by atoms with Gasteiger partial charge in [-0.2, -0.15) is 0 Å². The van der Waals surface area contributed by atoms with Crippen LogP contribution in [0.3, 0.4) is 0 Å². The quantitative estimate of drug-likeness (QED) is 0.228. The zero-order valence-corrected chi connectivity index (χ0v) is 20.4. The number of carbonyl (C=O) groups excluding carboxylic acids is 2. The van der Waals surface area contributed by atoms with E-state index in [1.165, 1.54) is 30.6 Å². The van der Waals surface area contributed by atoms with Crippen molar-refractivity contribution >= 4 is 34.2 Å². The van der Waals surface area contributed by atoms with Gasteiger partial charge in [-0.25, -0.2) is 17.4 Å². The van der Waals surface area contributed by atoms with Gasteiger partial charge >= 0.3 is 0 Å². The molecule has 9 heteroatoms. The summed E-state index contributed by atoms with van der Waals surface area (Å²) in [6.07, 6.45) is 5.82. The molecule has 5 aromatic rings. The Morgan fingerprint density at radius 2 is 1.44 bits per heavy atom. The molecule has 0 atom stereocenters. The zero-order valence-electron chi connectivity index (χ0n) is 18.8. The normalized spacial score (nSPS) is 10.8. The zero-order chi connectivity index (χ0) is 25.5. The van der Waals surface area contributed by atoms with Gasteiger partial charge in [-0.3, -0.25) is 9.59 Å². The maximum absolute atomic E-state index is 12.9. The molecule has 0 fully saturated rings. The lowest BCUT2D eigenvalue weighted by molar-refractivity contribution is 0.111. The van der Waals surface area contributed by atoms with Crippen molar-refractivity contribution in [2.75, 3.05) is 0 Å². The number of carbonyl (C=O) groups is 2. The average molecular weight is 518 g/mol. The summed E-state index contributed by atoms with van der Waals surface area (Å²) in [6, 6.07) is 25.1.